The fourth-order valence-electron chi connectivity index (χ4n) is 3.11. The molecular weight excluding hydrogens is 357 g/mol. The third-order valence-electron chi connectivity index (χ3n) is 4.82. The molecule has 4 nitrogen and oxygen atoms in total. The van der Waals surface area contributed by atoms with Crippen LogP contribution in [0.25, 0.3) is 0 Å². The fraction of sp³-hybridized carbons (Fsp3) is 0.350. The second-order valence-electron chi connectivity index (χ2n) is 7.15. The third-order valence-corrected chi connectivity index (χ3v) is 4.82. The van der Waals surface area contributed by atoms with Crippen LogP contribution >= 0.6 is 0 Å². The zero-order valence-electron chi connectivity index (χ0n) is 14.9. The molecule has 1 saturated heterocycles. The second-order valence-corrected chi connectivity index (χ2v) is 7.15. The molecule has 1 aliphatic rings. The number of amides is 1. The summed E-state index contributed by atoms with van der Waals surface area (Å²) in [6.07, 6.45) is -3.60. The molecule has 0 saturated carbocycles. The summed E-state index contributed by atoms with van der Waals surface area (Å²) in [5.41, 5.74) is 5.35. The van der Waals surface area contributed by atoms with Crippen molar-refractivity contribution < 1.29 is 22.7 Å². The lowest BCUT2D eigenvalue weighted by Crippen LogP contribution is -2.34. The highest BCUT2D eigenvalue weighted by atomic mass is 19.4. The number of carbonyl (C=O) groups excluding carboxylic acids is 1. The molecule has 27 heavy (non-hydrogen) atoms. The summed E-state index contributed by atoms with van der Waals surface area (Å²) in [5, 5.41) is 0. The van der Waals surface area contributed by atoms with Crippen molar-refractivity contribution in [1.29, 1.82) is 0 Å². The molecule has 1 unspecified atom stereocenters. The van der Waals surface area contributed by atoms with Gasteiger partial charge in [-0.15, -0.1) is 0 Å². The molecule has 0 aromatic heterocycles. The highest BCUT2D eigenvalue weighted by molar-refractivity contribution is 5.94. The number of nitrogens with two attached hydrogens (primary N) is 1. The van der Waals surface area contributed by atoms with Crippen molar-refractivity contribution in [2.75, 3.05) is 19.6 Å². The van der Waals surface area contributed by atoms with E-state index in [-0.39, 0.29) is 17.1 Å². The summed E-state index contributed by atoms with van der Waals surface area (Å²) in [5.74, 6) is 0.230. The van der Waals surface area contributed by atoms with Gasteiger partial charge in [0.15, 0.2) is 0 Å². The molecule has 1 amide bonds. The van der Waals surface area contributed by atoms with Crippen LogP contribution < -0.4 is 10.5 Å². The highest BCUT2D eigenvalue weighted by Crippen LogP contribution is 2.33. The molecule has 2 aromatic carbocycles. The minimum absolute atomic E-state index is 0.0614. The minimum Gasteiger partial charge on any atom is -0.457 e. The van der Waals surface area contributed by atoms with Gasteiger partial charge in [-0.25, -0.2) is 0 Å². The van der Waals surface area contributed by atoms with Crippen LogP contribution in [0.3, 0.4) is 0 Å². The van der Waals surface area contributed by atoms with Crippen LogP contribution in [0, 0.1) is 5.41 Å². The largest absolute Gasteiger partial charge is 0.457 e. The lowest BCUT2D eigenvalue weighted by molar-refractivity contribution is -0.137. The van der Waals surface area contributed by atoms with Crippen LogP contribution in [-0.4, -0.2) is 30.4 Å². The molecule has 7 heteroatoms. The van der Waals surface area contributed by atoms with Gasteiger partial charge in [0.1, 0.15) is 11.5 Å². The SMILES string of the molecule is CC1(CN)CCN(C(=O)c2cccc(Oc3cccc(C(F)(F)F)c3)c2)C1. The standard InChI is InChI=1S/C20H21F3N2O2/c1-19(12-24)8-9-25(13-19)18(26)14-4-2-6-16(10-14)27-17-7-3-5-15(11-17)20(21,22)23/h2-7,10-11H,8-9,12-13,24H2,1H3. The Balaban J connectivity index is 1.76. The van der Waals surface area contributed by atoms with Gasteiger partial charge in [-0.05, 0) is 54.8 Å². The maximum Gasteiger partial charge on any atom is 0.416 e. The van der Waals surface area contributed by atoms with Gasteiger partial charge >= 0.3 is 6.18 Å². The molecule has 1 aliphatic heterocycles. The predicted octanol–water partition coefficient (Wildman–Crippen LogP) is 4.31. The first-order valence-electron chi connectivity index (χ1n) is 8.65. The zero-order valence-corrected chi connectivity index (χ0v) is 14.9. The Bertz CT molecular complexity index is 838. The van der Waals surface area contributed by atoms with E-state index in [4.69, 9.17) is 10.5 Å². The molecule has 144 valence electrons. The number of hydrogen-bond acceptors (Lipinski definition) is 3. The molecule has 0 spiro atoms. The lowest BCUT2D eigenvalue weighted by Gasteiger charge is -2.22. The number of alkyl halides is 3. The summed E-state index contributed by atoms with van der Waals surface area (Å²) < 4.78 is 44.0. The summed E-state index contributed by atoms with van der Waals surface area (Å²) in [4.78, 5) is 14.5. The number of benzene rings is 2. The zero-order chi connectivity index (χ0) is 19.7. The molecule has 0 aliphatic carbocycles. The monoisotopic (exact) mass is 378 g/mol. The molecule has 0 bridgehead atoms. The van der Waals surface area contributed by atoms with Crippen LogP contribution in [0.5, 0.6) is 11.5 Å². The second kappa shape index (κ2) is 7.23. The Morgan fingerprint density at radius 3 is 2.48 bits per heavy atom. The maximum absolute atomic E-state index is 12.8. The van der Waals surface area contributed by atoms with Crippen LogP contribution in [-0.2, 0) is 6.18 Å². The normalized spacial score (nSPS) is 20.0. The Labute approximate surface area is 155 Å². The van der Waals surface area contributed by atoms with Gasteiger partial charge in [0, 0.05) is 18.7 Å². The number of likely N-dealkylation sites (tertiary alicyclic amines) is 1. The van der Waals surface area contributed by atoms with Crippen molar-refractivity contribution >= 4 is 5.91 Å². The maximum atomic E-state index is 12.8. The summed E-state index contributed by atoms with van der Waals surface area (Å²) in [6.45, 7) is 3.77. The van der Waals surface area contributed by atoms with Crippen molar-refractivity contribution in [3.8, 4) is 11.5 Å². The lowest BCUT2D eigenvalue weighted by atomic mass is 9.90. The minimum atomic E-state index is -4.44. The summed E-state index contributed by atoms with van der Waals surface area (Å²) in [6, 6.07) is 11.1. The van der Waals surface area contributed by atoms with Gasteiger partial charge in [0.25, 0.3) is 5.91 Å². The van der Waals surface area contributed by atoms with E-state index in [1.807, 2.05) is 6.92 Å². The first-order valence-corrected chi connectivity index (χ1v) is 8.65. The van der Waals surface area contributed by atoms with Gasteiger partial charge in [0.2, 0.25) is 0 Å². The van der Waals surface area contributed by atoms with Gasteiger partial charge in [-0.2, -0.15) is 13.2 Å². The Hall–Kier alpha value is -2.54. The fourth-order valence-corrected chi connectivity index (χ4v) is 3.11. The molecule has 1 fully saturated rings. The average molecular weight is 378 g/mol. The van der Waals surface area contributed by atoms with Crippen molar-refractivity contribution in [2.24, 2.45) is 11.1 Å². The molecular formula is C20H21F3N2O2. The third kappa shape index (κ3) is 4.42. The Morgan fingerprint density at radius 2 is 1.85 bits per heavy atom. The van der Waals surface area contributed by atoms with E-state index in [2.05, 4.69) is 0 Å². The molecule has 2 aromatic rings. The van der Waals surface area contributed by atoms with E-state index in [0.29, 0.717) is 30.9 Å². The van der Waals surface area contributed by atoms with E-state index in [0.717, 1.165) is 18.6 Å². The Kier molecular flexibility index (Phi) is 5.15. The van der Waals surface area contributed by atoms with E-state index < -0.39 is 11.7 Å². The van der Waals surface area contributed by atoms with Crippen molar-refractivity contribution in [3.05, 3.63) is 59.7 Å². The van der Waals surface area contributed by atoms with Gasteiger partial charge in [-0.3, -0.25) is 4.79 Å². The molecule has 3 rings (SSSR count). The molecule has 1 heterocycles. The molecule has 2 N–H and O–H groups in total. The quantitative estimate of drug-likeness (QED) is 0.863. The van der Waals surface area contributed by atoms with Crippen molar-refractivity contribution in [1.82, 2.24) is 4.90 Å². The smallest absolute Gasteiger partial charge is 0.416 e. The average Bonchev–Trinajstić information content (AvgIpc) is 3.04. The van der Waals surface area contributed by atoms with Crippen LogP contribution in [0.15, 0.2) is 48.5 Å². The van der Waals surface area contributed by atoms with E-state index in [1.165, 1.54) is 12.1 Å². The number of rotatable bonds is 4. The number of ether oxygens (including phenoxy) is 1. The number of nitrogens with zero attached hydrogens (tertiary/aromatic N) is 1. The van der Waals surface area contributed by atoms with E-state index >= 15 is 0 Å². The van der Waals surface area contributed by atoms with Crippen LogP contribution in [0.4, 0.5) is 13.2 Å². The van der Waals surface area contributed by atoms with Crippen LogP contribution in [0.1, 0.15) is 29.3 Å². The topological polar surface area (TPSA) is 55.6 Å². The van der Waals surface area contributed by atoms with Gasteiger partial charge < -0.3 is 15.4 Å². The summed E-state index contributed by atoms with van der Waals surface area (Å²) >= 11 is 0. The van der Waals surface area contributed by atoms with Gasteiger partial charge in [0.05, 0.1) is 5.56 Å². The number of hydrogen-bond donors (Lipinski definition) is 1. The summed E-state index contributed by atoms with van der Waals surface area (Å²) in [7, 11) is 0. The van der Waals surface area contributed by atoms with Crippen LogP contribution in [0.2, 0.25) is 0 Å². The number of carbonyl (C=O) groups is 1. The number of halogens is 3. The first-order chi connectivity index (χ1) is 12.7. The highest BCUT2D eigenvalue weighted by Gasteiger charge is 2.35. The molecule has 1 atom stereocenters. The predicted molar refractivity (Wildman–Crippen MR) is 95.6 cm³/mol. The molecule has 0 radical (unpaired) electrons. The van der Waals surface area contributed by atoms with Crippen molar-refractivity contribution in [2.45, 2.75) is 19.5 Å². The van der Waals surface area contributed by atoms with Gasteiger partial charge in [-0.1, -0.05) is 19.1 Å². The first kappa shape index (κ1) is 19.2. The van der Waals surface area contributed by atoms with E-state index in [1.54, 1.807) is 29.2 Å². The Morgan fingerprint density at radius 1 is 1.19 bits per heavy atom. The van der Waals surface area contributed by atoms with Crippen molar-refractivity contribution in [3.63, 3.8) is 0 Å². The van der Waals surface area contributed by atoms with E-state index in [9.17, 15) is 18.0 Å².